The third-order valence-electron chi connectivity index (χ3n) is 8.19. The first-order valence-corrected chi connectivity index (χ1v) is 19.5. The maximum absolute atomic E-state index is 3.49. The van der Waals surface area contributed by atoms with Crippen molar-refractivity contribution in [1.82, 2.24) is 0 Å². The number of hydrogen-bond donors (Lipinski definition) is 1. The van der Waals surface area contributed by atoms with Gasteiger partial charge in [-0.25, -0.2) is 0 Å². The van der Waals surface area contributed by atoms with Gasteiger partial charge in [0.05, 0.1) is 0 Å². The third-order valence-corrected chi connectivity index (χ3v) is 9.78. The molecule has 5 heteroatoms. The molecule has 0 radical (unpaired) electrons. The lowest BCUT2D eigenvalue weighted by atomic mass is 10.0. The van der Waals surface area contributed by atoms with E-state index in [0.717, 1.165) is 41.9 Å². The Morgan fingerprint density at radius 3 is 0.815 bits per heavy atom. The molecule has 2 nitrogen and oxygen atoms in total. The van der Waals surface area contributed by atoms with Gasteiger partial charge in [0.25, 0.3) is 0 Å². The Morgan fingerprint density at radius 2 is 0.519 bits per heavy atom. The summed E-state index contributed by atoms with van der Waals surface area (Å²) >= 11 is 10.3. The van der Waals surface area contributed by atoms with Gasteiger partial charge in [-0.1, -0.05) is 177 Å². The van der Waals surface area contributed by atoms with Gasteiger partial charge in [0, 0.05) is 41.9 Å². The summed E-state index contributed by atoms with van der Waals surface area (Å²) in [5, 5.41) is 3.30. The standard InChI is InChI=1S/C24H18BrN.C12H8Br2.C12H11N.CH4/c25-21-15-11-19(12-16-21)20-13-17-24(18-14-20)26(22-7-3-1-4-8-22)23-9-5-2-6-10-23;13-11-5-1-9(2-6-11)10-3-7-12(14)8-4-10;1-3-7-11(8-4-1)13-12-9-5-2-6-10-12;/h1-18H;1-8H;1-10,13H;1H4. The lowest BCUT2D eigenvalue weighted by Gasteiger charge is -2.25. The van der Waals surface area contributed by atoms with E-state index in [1.54, 1.807) is 0 Å². The van der Waals surface area contributed by atoms with Crippen LogP contribution in [-0.4, -0.2) is 0 Å². The summed E-state index contributed by atoms with van der Waals surface area (Å²) in [6, 6.07) is 75.0. The van der Waals surface area contributed by atoms with Gasteiger partial charge in [-0.2, -0.15) is 0 Å². The zero-order valence-corrected chi connectivity index (χ0v) is 33.6. The molecule has 8 rings (SSSR count). The van der Waals surface area contributed by atoms with Gasteiger partial charge in [-0.15, -0.1) is 0 Å². The van der Waals surface area contributed by atoms with Crippen molar-refractivity contribution in [3.05, 3.63) is 232 Å². The summed E-state index contributed by atoms with van der Waals surface area (Å²) < 4.78 is 3.31. The Bertz CT molecular complexity index is 2110. The van der Waals surface area contributed by atoms with Crippen molar-refractivity contribution >= 4 is 76.2 Å². The minimum Gasteiger partial charge on any atom is -0.356 e. The highest BCUT2D eigenvalue weighted by atomic mass is 79.9. The maximum Gasteiger partial charge on any atom is 0.0462 e. The summed E-state index contributed by atoms with van der Waals surface area (Å²) in [6.45, 7) is 0. The molecule has 268 valence electrons. The van der Waals surface area contributed by atoms with Gasteiger partial charge in [0.1, 0.15) is 0 Å². The van der Waals surface area contributed by atoms with Crippen LogP contribution in [0.4, 0.5) is 28.4 Å². The van der Waals surface area contributed by atoms with Crippen molar-refractivity contribution in [2.45, 2.75) is 7.43 Å². The van der Waals surface area contributed by atoms with Crippen molar-refractivity contribution in [2.24, 2.45) is 0 Å². The molecule has 0 fully saturated rings. The fourth-order valence-corrected chi connectivity index (χ4v) is 6.33. The maximum atomic E-state index is 3.49. The highest BCUT2D eigenvalue weighted by Crippen LogP contribution is 2.35. The summed E-state index contributed by atoms with van der Waals surface area (Å²) in [4.78, 5) is 2.27. The number of nitrogens with zero attached hydrogens (tertiary/aromatic N) is 1. The Labute approximate surface area is 345 Å². The molecule has 1 N–H and O–H groups in total. The van der Waals surface area contributed by atoms with E-state index in [0.29, 0.717) is 0 Å². The SMILES string of the molecule is Brc1ccc(-c2ccc(Br)cc2)cc1.Brc1ccc(-c2ccc(N(c3ccccc3)c3ccccc3)cc2)cc1.C.c1ccc(Nc2ccccc2)cc1. The van der Waals surface area contributed by atoms with E-state index < -0.39 is 0 Å². The molecular weight excluding hydrogens is 856 g/mol. The van der Waals surface area contributed by atoms with Crippen LogP contribution < -0.4 is 10.2 Å². The topological polar surface area (TPSA) is 15.3 Å². The van der Waals surface area contributed by atoms with E-state index in [4.69, 9.17) is 0 Å². The molecule has 0 aliphatic rings. The summed E-state index contributed by atoms with van der Waals surface area (Å²) in [7, 11) is 0. The Balaban J connectivity index is 0.000000169. The third kappa shape index (κ3) is 11.9. The quantitative estimate of drug-likeness (QED) is 0.171. The van der Waals surface area contributed by atoms with Crippen LogP contribution in [0.15, 0.2) is 232 Å². The molecule has 0 aromatic heterocycles. The van der Waals surface area contributed by atoms with E-state index >= 15 is 0 Å². The molecule has 0 aliphatic carbocycles. The zero-order chi connectivity index (χ0) is 36.7. The van der Waals surface area contributed by atoms with Crippen molar-refractivity contribution < 1.29 is 0 Å². The van der Waals surface area contributed by atoms with E-state index in [-0.39, 0.29) is 7.43 Å². The molecule has 0 saturated carbocycles. The van der Waals surface area contributed by atoms with Crippen LogP contribution >= 0.6 is 47.8 Å². The fourth-order valence-electron chi connectivity index (χ4n) is 5.54. The minimum atomic E-state index is 0. The highest BCUT2D eigenvalue weighted by Gasteiger charge is 2.11. The Morgan fingerprint density at radius 1 is 0.278 bits per heavy atom. The van der Waals surface area contributed by atoms with Gasteiger partial charge in [0.15, 0.2) is 0 Å². The second-order valence-electron chi connectivity index (χ2n) is 11.9. The predicted octanol–water partition coefficient (Wildman–Crippen LogP) is 16.5. The molecule has 0 heterocycles. The normalized spacial score (nSPS) is 9.98. The Hall–Kier alpha value is -5.20. The predicted molar refractivity (Wildman–Crippen MR) is 244 cm³/mol. The van der Waals surface area contributed by atoms with Crippen molar-refractivity contribution in [3.8, 4) is 22.3 Å². The highest BCUT2D eigenvalue weighted by molar-refractivity contribution is 9.11. The van der Waals surface area contributed by atoms with Gasteiger partial charge in [0.2, 0.25) is 0 Å². The van der Waals surface area contributed by atoms with Gasteiger partial charge in [-0.3, -0.25) is 0 Å². The van der Waals surface area contributed by atoms with Crippen LogP contribution in [0.3, 0.4) is 0 Å². The van der Waals surface area contributed by atoms with Crippen LogP contribution in [0.1, 0.15) is 7.43 Å². The minimum absolute atomic E-state index is 0. The monoisotopic (exact) mass is 894 g/mol. The molecule has 0 spiro atoms. The molecule has 0 bridgehead atoms. The van der Waals surface area contributed by atoms with Crippen LogP contribution in [-0.2, 0) is 0 Å². The first-order chi connectivity index (χ1) is 26.0. The fraction of sp³-hybridized carbons (Fsp3) is 0.0204. The second-order valence-corrected chi connectivity index (χ2v) is 14.7. The van der Waals surface area contributed by atoms with Crippen molar-refractivity contribution in [2.75, 3.05) is 10.2 Å². The summed E-state index contributed by atoms with van der Waals surface area (Å²) in [5.41, 5.74) is 10.6. The van der Waals surface area contributed by atoms with Crippen LogP contribution in [0.2, 0.25) is 0 Å². The van der Waals surface area contributed by atoms with Gasteiger partial charge < -0.3 is 10.2 Å². The lowest BCUT2D eigenvalue weighted by Crippen LogP contribution is -2.09. The van der Waals surface area contributed by atoms with E-state index in [1.807, 2.05) is 72.8 Å². The number of halogens is 3. The van der Waals surface area contributed by atoms with Crippen molar-refractivity contribution in [3.63, 3.8) is 0 Å². The van der Waals surface area contributed by atoms with Crippen LogP contribution in [0, 0.1) is 0 Å². The van der Waals surface area contributed by atoms with Crippen LogP contribution in [0.5, 0.6) is 0 Å². The largest absolute Gasteiger partial charge is 0.356 e. The first-order valence-electron chi connectivity index (χ1n) is 17.2. The number of benzene rings is 8. The van der Waals surface area contributed by atoms with E-state index in [9.17, 15) is 0 Å². The smallest absolute Gasteiger partial charge is 0.0462 e. The first kappa shape index (κ1) is 40.0. The molecular formula is C49H41Br3N2. The number of nitrogens with one attached hydrogen (secondary N) is 1. The number of anilines is 5. The van der Waals surface area contributed by atoms with Crippen molar-refractivity contribution in [1.29, 1.82) is 0 Å². The summed E-state index contributed by atoms with van der Waals surface area (Å²) in [6.07, 6.45) is 0. The molecule has 54 heavy (non-hydrogen) atoms. The lowest BCUT2D eigenvalue weighted by molar-refractivity contribution is 1.28. The van der Waals surface area contributed by atoms with E-state index in [1.165, 1.54) is 22.3 Å². The molecule has 0 unspecified atom stereocenters. The molecule has 8 aromatic rings. The Kier molecular flexibility index (Phi) is 15.5. The zero-order valence-electron chi connectivity index (χ0n) is 28.9. The summed E-state index contributed by atoms with van der Waals surface area (Å²) in [5.74, 6) is 0. The number of hydrogen-bond acceptors (Lipinski definition) is 2. The molecule has 0 atom stereocenters. The average Bonchev–Trinajstić information content (AvgIpc) is 3.21. The molecule has 0 saturated heterocycles. The van der Waals surface area contributed by atoms with E-state index in [2.05, 4.69) is 204 Å². The molecule has 8 aromatic carbocycles. The number of rotatable bonds is 7. The van der Waals surface area contributed by atoms with Gasteiger partial charge in [-0.05, 0) is 119 Å². The molecule has 0 aliphatic heterocycles. The molecule has 0 amide bonds. The second kappa shape index (κ2) is 20.9. The van der Waals surface area contributed by atoms with Gasteiger partial charge >= 0.3 is 0 Å². The average molecular weight is 898 g/mol. The van der Waals surface area contributed by atoms with Crippen LogP contribution in [0.25, 0.3) is 22.3 Å². The number of para-hydroxylation sites is 4.